The minimum absolute atomic E-state index is 0.0787. The van der Waals surface area contributed by atoms with Crippen LogP contribution in [0.4, 0.5) is 0 Å². The van der Waals surface area contributed by atoms with E-state index in [0.29, 0.717) is 0 Å². The predicted molar refractivity (Wildman–Crippen MR) is 75.0 cm³/mol. The van der Waals surface area contributed by atoms with Gasteiger partial charge in [0.15, 0.2) is 0 Å². The first-order valence-corrected chi connectivity index (χ1v) is 13.3. The van der Waals surface area contributed by atoms with Gasteiger partial charge < -0.3 is 0 Å². The number of hydrogen-bond donors (Lipinski definition) is 0. The number of hydrogen-bond acceptors (Lipinski definition) is 0. The van der Waals surface area contributed by atoms with Gasteiger partial charge in [-0.25, -0.2) is 0 Å². The Morgan fingerprint density at radius 1 is 0.812 bits per heavy atom. The molecule has 0 spiro atoms. The molecule has 0 saturated carbocycles. The fraction of sp³-hybridized carbons (Fsp3) is 0.143. The van der Waals surface area contributed by atoms with Crippen LogP contribution in [0.25, 0.3) is 0 Å². The second-order valence-electron chi connectivity index (χ2n) is 3.50. The van der Waals surface area contributed by atoms with Gasteiger partial charge in [0.2, 0.25) is 0 Å². The molecule has 0 nitrogen and oxygen atoms in total. The van der Waals surface area contributed by atoms with Crippen LogP contribution in [-0.2, 0) is 0 Å². The minimum atomic E-state index is -1.26. The Balaban J connectivity index is 2.24. The van der Waals surface area contributed by atoms with Crippen LogP contribution in [0.1, 0.15) is 0 Å². The Hall–Kier alpha value is 0.0192. The van der Waals surface area contributed by atoms with E-state index >= 15 is 0 Å². The average Bonchev–Trinajstić information content (AvgIpc) is 2.39. The fourth-order valence-corrected chi connectivity index (χ4v) is 6.65. The van der Waals surface area contributed by atoms with Gasteiger partial charge in [-0.2, -0.15) is 0 Å². The molecule has 0 unspecified atom stereocenters. The van der Waals surface area contributed by atoms with Crippen molar-refractivity contribution in [3.05, 3.63) is 54.6 Å². The molecule has 0 heterocycles. The summed E-state index contributed by atoms with van der Waals surface area (Å²) in [5, 5.41) is 0. The molecular weight excluding hydrogens is 423 g/mol. The molecule has 2 aromatic carbocycles. The van der Waals surface area contributed by atoms with E-state index < -0.39 is 19.6 Å². The molecule has 0 N–H and O–H groups in total. The van der Waals surface area contributed by atoms with Crippen molar-refractivity contribution in [3.63, 3.8) is 0 Å². The molecule has 2 aromatic rings. The molecule has 0 amide bonds. The van der Waals surface area contributed by atoms with E-state index in [9.17, 15) is 0 Å². The van der Waals surface area contributed by atoms with Crippen LogP contribution < -0.4 is 10.8 Å². The first-order chi connectivity index (χ1) is 7.81. The van der Waals surface area contributed by atoms with Gasteiger partial charge in [-0.3, -0.25) is 0 Å². The van der Waals surface area contributed by atoms with Gasteiger partial charge in [-0.05, 0) is 0 Å². The third kappa shape index (κ3) is 3.03. The zero-order valence-corrected chi connectivity index (χ0v) is 14.2. The standard InChI is InChI=1S/C14H15Te2/c1-15-12-8-10-14(11-9-12)16(2)13-6-4-3-5-7-13/h3-11H,1-2H3/q+1. The van der Waals surface area contributed by atoms with Crippen LogP contribution in [0.15, 0.2) is 54.6 Å². The second kappa shape index (κ2) is 6.09. The molecule has 0 radical (unpaired) electrons. The summed E-state index contributed by atoms with van der Waals surface area (Å²) in [6.45, 7) is 0. The topological polar surface area (TPSA) is 0 Å². The fourth-order valence-electron chi connectivity index (χ4n) is 1.54. The monoisotopic (exact) mass is 443 g/mol. The molecule has 16 heavy (non-hydrogen) atoms. The van der Waals surface area contributed by atoms with Crippen LogP contribution in [-0.4, -0.2) is 40.5 Å². The summed E-state index contributed by atoms with van der Waals surface area (Å²) in [5.74, 6) is 0. The van der Waals surface area contributed by atoms with Gasteiger partial charge >= 0.3 is 116 Å². The van der Waals surface area contributed by atoms with Crippen molar-refractivity contribution in [2.24, 2.45) is 0 Å². The van der Waals surface area contributed by atoms with Crippen molar-refractivity contribution in [2.75, 3.05) is 0 Å². The van der Waals surface area contributed by atoms with E-state index in [0.717, 1.165) is 0 Å². The molecule has 0 aliphatic carbocycles. The summed E-state index contributed by atoms with van der Waals surface area (Å²) in [6.07, 6.45) is 0. The van der Waals surface area contributed by atoms with Gasteiger partial charge in [0, 0.05) is 0 Å². The second-order valence-corrected chi connectivity index (χ2v) is 11.6. The third-order valence-corrected chi connectivity index (χ3v) is 10.2. The molecule has 0 aliphatic heterocycles. The third-order valence-electron chi connectivity index (χ3n) is 2.51. The van der Waals surface area contributed by atoms with Gasteiger partial charge in [0.25, 0.3) is 0 Å². The summed E-state index contributed by atoms with van der Waals surface area (Å²) in [5.41, 5.74) is 0. The van der Waals surface area contributed by atoms with E-state index in [-0.39, 0.29) is 20.9 Å². The van der Waals surface area contributed by atoms with Crippen molar-refractivity contribution in [1.29, 1.82) is 0 Å². The molecule has 2 rings (SSSR count). The van der Waals surface area contributed by atoms with E-state index in [1.54, 1.807) is 10.8 Å². The molecule has 0 fully saturated rings. The molecule has 0 saturated heterocycles. The maximum atomic E-state index is 2.44. The predicted octanol–water partition coefficient (Wildman–Crippen LogP) is 1.30. The summed E-state index contributed by atoms with van der Waals surface area (Å²) < 4.78 is 4.71. The van der Waals surface area contributed by atoms with E-state index in [2.05, 4.69) is 64.5 Å². The maximum absolute atomic E-state index is 2.44. The van der Waals surface area contributed by atoms with Gasteiger partial charge in [0.05, 0.1) is 0 Å². The molecule has 0 atom stereocenters. The molecule has 0 aliphatic rings. The van der Waals surface area contributed by atoms with Crippen LogP contribution in [0.3, 0.4) is 0 Å². The Bertz CT molecular complexity index is 434. The van der Waals surface area contributed by atoms with Gasteiger partial charge in [-0.1, -0.05) is 0 Å². The van der Waals surface area contributed by atoms with Crippen LogP contribution >= 0.6 is 0 Å². The molecule has 0 aromatic heterocycles. The SMILES string of the molecule is C[Te]c1ccc([Te+](C)c2ccccc2)cc1. The zero-order valence-electron chi connectivity index (χ0n) is 9.51. The molecular formula is C14H15Te2+. The molecule has 2 heteroatoms. The Morgan fingerprint density at radius 3 is 1.94 bits per heavy atom. The zero-order chi connectivity index (χ0) is 11.4. The average molecular weight is 438 g/mol. The van der Waals surface area contributed by atoms with E-state index in [1.807, 2.05) is 0 Å². The first kappa shape index (κ1) is 12.5. The van der Waals surface area contributed by atoms with Crippen LogP contribution in [0, 0.1) is 0 Å². The summed E-state index contributed by atoms with van der Waals surface area (Å²) >= 11 is -1.18. The van der Waals surface area contributed by atoms with E-state index in [4.69, 9.17) is 0 Å². The first-order valence-electron chi connectivity index (χ1n) is 5.16. The Kier molecular flexibility index (Phi) is 4.75. The normalized spacial score (nSPS) is 10.7. The van der Waals surface area contributed by atoms with Gasteiger partial charge in [-0.15, -0.1) is 0 Å². The van der Waals surface area contributed by atoms with Crippen molar-refractivity contribution in [1.82, 2.24) is 0 Å². The Morgan fingerprint density at radius 2 is 1.38 bits per heavy atom. The summed E-state index contributed by atoms with van der Waals surface area (Å²) in [4.78, 5) is 4.77. The van der Waals surface area contributed by atoms with Crippen molar-refractivity contribution >= 4 is 51.3 Å². The van der Waals surface area contributed by atoms with E-state index in [1.165, 1.54) is 0 Å². The van der Waals surface area contributed by atoms with Crippen molar-refractivity contribution in [3.8, 4) is 0 Å². The van der Waals surface area contributed by atoms with Crippen molar-refractivity contribution in [2.45, 2.75) is 9.94 Å². The van der Waals surface area contributed by atoms with Gasteiger partial charge in [0.1, 0.15) is 0 Å². The molecule has 82 valence electrons. The summed E-state index contributed by atoms with van der Waals surface area (Å²) in [6, 6.07) is 20.3. The number of benzene rings is 2. The summed E-state index contributed by atoms with van der Waals surface area (Å²) in [7, 11) is 0. The molecule has 0 bridgehead atoms. The van der Waals surface area contributed by atoms with Crippen LogP contribution in [0.2, 0.25) is 9.94 Å². The van der Waals surface area contributed by atoms with Crippen molar-refractivity contribution < 1.29 is 0 Å². The number of rotatable bonds is 3. The Labute approximate surface area is 115 Å². The van der Waals surface area contributed by atoms with Crippen LogP contribution in [0.5, 0.6) is 0 Å². The quantitative estimate of drug-likeness (QED) is 0.634.